The first-order valence-corrected chi connectivity index (χ1v) is 9.89. The standard InChI is InChI=1S/C22H17F3N2O4S/c23-22(24,25)18-9-20(28)31-19-7-6-15(8-17(18)19)26-21(32)27(11-16-12-29-13-30-16)10-14-4-2-1-3-5-14/h1-9,12H,10-11,13H2,(H,26,32). The van der Waals surface area contributed by atoms with E-state index in [-0.39, 0.29) is 22.9 Å². The third-order valence-corrected chi connectivity index (χ3v) is 5.04. The van der Waals surface area contributed by atoms with Crippen LogP contribution in [0, 0.1) is 0 Å². The van der Waals surface area contributed by atoms with Gasteiger partial charge in [-0.2, -0.15) is 13.2 Å². The van der Waals surface area contributed by atoms with E-state index in [2.05, 4.69) is 5.32 Å². The molecule has 166 valence electrons. The van der Waals surface area contributed by atoms with Gasteiger partial charge in [0.2, 0.25) is 6.79 Å². The van der Waals surface area contributed by atoms with Gasteiger partial charge in [-0.25, -0.2) is 4.79 Å². The Hall–Kier alpha value is -3.53. The fourth-order valence-electron chi connectivity index (χ4n) is 3.22. The molecule has 0 saturated heterocycles. The quantitative estimate of drug-likeness (QED) is 0.429. The number of benzene rings is 2. The number of halogens is 3. The molecule has 0 bridgehead atoms. The van der Waals surface area contributed by atoms with E-state index in [0.717, 1.165) is 5.56 Å². The number of hydrogen-bond donors (Lipinski definition) is 1. The third kappa shape index (κ3) is 5.02. The summed E-state index contributed by atoms with van der Waals surface area (Å²) in [7, 11) is 0. The molecular formula is C22H17F3N2O4S. The lowest BCUT2D eigenvalue weighted by molar-refractivity contribution is -0.136. The van der Waals surface area contributed by atoms with Crippen LogP contribution in [0.3, 0.4) is 0 Å². The summed E-state index contributed by atoms with van der Waals surface area (Å²) in [6.45, 7) is 0.853. The first-order valence-electron chi connectivity index (χ1n) is 9.48. The number of anilines is 1. The minimum atomic E-state index is -4.71. The van der Waals surface area contributed by atoms with Crippen molar-refractivity contribution in [2.45, 2.75) is 12.7 Å². The molecule has 1 N–H and O–H groups in total. The summed E-state index contributed by atoms with van der Waals surface area (Å²) in [6, 6.07) is 14.0. The van der Waals surface area contributed by atoms with Crippen LogP contribution in [-0.2, 0) is 22.2 Å². The molecule has 0 aliphatic carbocycles. The molecule has 0 unspecified atom stereocenters. The predicted octanol–water partition coefficient (Wildman–Crippen LogP) is 4.86. The lowest BCUT2D eigenvalue weighted by Gasteiger charge is -2.26. The monoisotopic (exact) mass is 462 g/mol. The first-order chi connectivity index (χ1) is 15.3. The van der Waals surface area contributed by atoms with Crippen molar-refractivity contribution < 1.29 is 27.1 Å². The summed E-state index contributed by atoms with van der Waals surface area (Å²) in [6.07, 6.45) is -3.22. The fourth-order valence-corrected chi connectivity index (χ4v) is 3.47. The minimum Gasteiger partial charge on any atom is -0.462 e. The lowest BCUT2D eigenvalue weighted by atomic mass is 10.1. The van der Waals surface area contributed by atoms with Gasteiger partial charge >= 0.3 is 11.8 Å². The second-order valence-electron chi connectivity index (χ2n) is 6.97. The smallest absolute Gasteiger partial charge is 0.417 e. The summed E-state index contributed by atoms with van der Waals surface area (Å²) < 4.78 is 55.7. The van der Waals surface area contributed by atoms with Gasteiger partial charge in [0, 0.05) is 23.7 Å². The SMILES string of the molecule is O=c1cc(C(F)(F)F)c2cc(NC(=S)N(CC3=COCO3)Cc3ccccc3)ccc2o1. The Labute approximate surface area is 185 Å². The number of fused-ring (bicyclic) bond motifs is 1. The van der Waals surface area contributed by atoms with Crippen LogP contribution >= 0.6 is 12.2 Å². The largest absolute Gasteiger partial charge is 0.462 e. The van der Waals surface area contributed by atoms with Crippen molar-refractivity contribution in [2.24, 2.45) is 0 Å². The van der Waals surface area contributed by atoms with Crippen molar-refractivity contribution in [3.63, 3.8) is 0 Å². The highest BCUT2D eigenvalue weighted by Crippen LogP contribution is 2.34. The molecule has 0 spiro atoms. The molecule has 3 aromatic rings. The number of alkyl halides is 3. The summed E-state index contributed by atoms with van der Waals surface area (Å²) in [4.78, 5) is 13.3. The Morgan fingerprint density at radius 3 is 2.56 bits per heavy atom. The van der Waals surface area contributed by atoms with E-state index in [1.165, 1.54) is 24.5 Å². The van der Waals surface area contributed by atoms with Crippen LogP contribution in [0.4, 0.5) is 18.9 Å². The molecule has 1 aliphatic heterocycles. The molecular weight excluding hydrogens is 445 g/mol. The maximum atomic E-state index is 13.4. The van der Waals surface area contributed by atoms with Crippen molar-refractivity contribution in [1.29, 1.82) is 0 Å². The van der Waals surface area contributed by atoms with Crippen LogP contribution in [0.5, 0.6) is 0 Å². The average molecular weight is 462 g/mol. The Balaban J connectivity index is 1.62. The maximum Gasteiger partial charge on any atom is 0.417 e. The number of rotatable bonds is 5. The highest BCUT2D eigenvalue weighted by atomic mass is 32.1. The summed E-state index contributed by atoms with van der Waals surface area (Å²) in [5.74, 6) is 0.574. The molecule has 0 amide bonds. The van der Waals surface area contributed by atoms with Crippen LogP contribution in [0.25, 0.3) is 11.0 Å². The minimum absolute atomic E-state index is 0.116. The number of ether oxygens (including phenoxy) is 2. The second-order valence-corrected chi connectivity index (χ2v) is 7.36. The summed E-state index contributed by atoms with van der Waals surface area (Å²) in [5, 5.41) is 3.00. The predicted molar refractivity (Wildman–Crippen MR) is 116 cm³/mol. The van der Waals surface area contributed by atoms with E-state index in [9.17, 15) is 18.0 Å². The van der Waals surface area contributed by atoms with Gasteiger partial charge in [0.15, 0.2) is 10.9 Å². The first kappa shape index (κ1) is 21.7. The highest BCUT2D eigenvalue weighted by Gasteiger charge is 2.34. The molecule has 0 saturated carbocycles. The molecule has 2 heterocycles. The molecule has 2 aromatic carbocycles. The zero-order chi connectivity index (χ0) is 22.7. The van der Waals surface area contributed by atoms with Crippen LogP contribution in [-0.4, -0.2) is 23.4 Å². The molecule has 0 atom stereocenters. The van der Waals surface area contributed by atoms with Crippen molar-refractivity contribution in [2.75, 3.05) is 18.7 Å². The molecule has 1 aromatic heterocycles. The van der Waals surface area contributed by atoms with E-state index in [4.69, 9.17) is 26.1 Å². The van der Waals surface area contributed by atoms with E-state index in [1.807, 2.05) is 30.3 Å². The van der Waals surface area contributed by atoms with Crippen molar-refractivity contribution in [3.05, 3.63) is 88.2 Å². The van der Waals surface area contributed by atoms with Gasteiger partial charge < -0.3 is 24.1 Å². The van der Waals surface area contributed by atoms with Crippen LogP contribution < -0.4 is 10.9 Å². The zero-order valence-corrected chi connectivity index (χ0v) is 17.3. The van der Waals surface area contributed by atoms with E-state index < -0.39 is 17.4 Å². The van der Waals surface area contributed by atoms with Gasteiger partial charge in [-0.1, -0.05) is 30.3 Å². The Morgan fingerprint density at radius 1 is 1.09 bits per heavy atom. The molecule has 0 radical (unpaired) electrons. The summed E-state index contributed by atoms with van der Waals surface area (Å²) in [5.41, 5.74) is -0.999. The molecule has 4 rings (SSSR count). The van der Waals surface area contributed by atoms with Crippen molar-refractivity contribution >= 4 is 34.0 Å². The maximum absolute atomic E-state index is 13.4. The molecule has 32 heavy (non-hydrogen) atoms. The van der Waals surface area contributed by atoms with Gasteiger partial charge in [-0.3, -0.25) is 0 Å². The van der Waals surface area contributed by atoms with E-state index in [1.54, 1.807) is 4.90 Å². The van der Waals surface area contributed by atoms with Gasteiger partial charge in [0.1, 0.15) is 11.8 Å². The fraction of sp³-hybridized carbons (Fsp3) is 0.182. The molecule has 10 heteroatoms. The normalized spacial score (nSPS) is 13.3. The van der Waals surface area contributed by atoms with Gasteiger partial charge in [0.05, 0.1) is 12.1 Å². The summed E-state index contributed by atoms with van der Waals surface area (Å²) >= 11 is 5.54. The molecule has 6 nitrogen and oxygen atoms in total. The Bertz CT molecular complexity index is 1230. The van der Waals surface area contributed by atoms with Gasteiger partial charge in [-0.15, -0.1) is 0 Å². The van der Waals surface area contributed by atoms with Crippen LogP contribution in [0.15, 0.2) is 75.8 Å². The van der Waals surface area contributed by atoms with Crippen molar-refractivity contribution in [3.8, 4) is 0 Å². The Kier molecular flexibility index (Phi) is 6.04. The van der Waals surface area contributed by atoms with Crippen molar-refractivity contribution in [1.82, 2.24) is 4.90 Å². The number of nitrogens with zero attached hydrogens (tertiary/aromatic N) is 1. The highest BCUT2D eigenvalue weighted by molar-refractivity contribution is 7.80. The number of hydrogen-bond acceptors (Lipinski definition) is 5. The molecule has 0 fully saturated rings. The van der Waals surface area contributed by atoms with E-state index >= 15 is 0 Å². The topological polar surface area (TPSA) is 63.9 Å². The number of thiocarbonyl (C=S) groups is 1. The van der Waals surface area contributed by atoms with Crippen LogP contribution in [0.2, 0.25) is 0 Å². The average Bonchev–Trinajstić information content (AvgIpc) is 3.26. The Morgan fingerprint density at radius 2 is 1.88 bits per heavy atom. The van der Waals surface area contributed by atoms with E-state index in [0.29, 0.717) is 30.6 Å². The lowest BCUT2D eigenvalue weighted by Crippen LogP contribution is -2.35. The van der Waals surface area contributed by atoms with Gasteiger partial charge in [-0.05, 0) is 36.0 Å². The second kappa shape index (κ2) is 8.91. The zero-order valence-electron chi connectivity index (χ0n) is 16.5. The number of nitrogens with one attached hydrogen (secondary N) is 1. The molecule has 1 aliphatic rings. The van der Waals surface area contributed by atoms with Crippen LogP contribution in [0.1, 0.15) is 11.1 Å². The van der Waals surface area contributed by atoms with Gasteiger partial charge in [0.25, 0.3) is 0 Å². The third-order valence-electron chi connectivity index (χ3n) is 4.68.